The highest BCUT2D eigenvalue weighted by Gasteiger charge is 2.25. The minimum Gasteiger partial charge on any atom is -0.389 e. The smallest absolute Gasteiger partial charge is 0.0900 e. The van der Waals surface area contributed by atoms with Gasteiger partial charge in [0.15, 0.2) is 0 Å². The van der Waals surface area contributed by atoms with Crippen LogP contribution in [0.15, 0.2) is 0 Å². The first kappa shape index (κ1) is 16.5. The molecule has 1 fully saturated rings. The van der Waals surface area contributed by atoms with Crippen molar-refractivity contribution < 1.29 is 14.6 Å². The van der Waals surface area contributed by atoms with Crippen LogP contribution in [0.25, 0.3) is 0 Å². The maximum absolute atomic E-state index is 10.0. The van der Waals surface area contributed by atoms with E-state index < -0.39 is 6.10 Å². The van der Waals surface area contributed by atoms with Gasteiger partial charge in [-0.1, -0.05) is 0 Å². The summed E-state index contributed by atoms with van der Waals surface area (Å²) in [4.78, 5) is 2.22. The number of aliphatic hydroxyl groups is 1. The summed E-state index contributed by atoms with van der Waals surface area (Å²) in [6, 6.07) is 0. The van der Waals surface area contributed by atoms with Crippen LogP contribution >= 0.6 is 0 Å². The number of hydrogen-bond donors (Lipinski definition) is 1. The molecule has 1 N–H and O–H groups in total. The van der Waals surface area contributed by atoms with E-state index in [-0.39, 0.29) is 17.8 Å². The van der Waals surface area contributed by atoms with Crippen LogP contribution in [0.5, 0.6) is 0 Å². The normalized spacial score (nSPS) is 26.9. The second-order valence-corrected chi connectivity index (χ2v) is 6.08. The van der Waals surface area contributed by atoms with Crippen LogP contribution in [0, 0.1) is 12.3 Å². The fourth-order valence-electron chi connectivity index (χ4n) is 2.40. The van der Waals surface area contributed by atoms with Gasteiger partial charge in [-0.15, -0.1) is 12.3 Å². The van der Waals surface area contributed by atoms with E-state index in [2.05, 4.69) is 24.7 Å². The van der Waals surface area contributed by atoms with Gasteiger partial charge in [-0.05, 0) is 27.7 Å². The molecule has 1 saturated heterocycles. The van der Waals surface area contributed by atoms with Gasteiger partial charge in [0, 0.05) is 26.1 Å². The number of terminal acetylenes is 1. The zero-order valence-corrected chi connectivity index (χ0v) is 12.6. The second kappa shape index (κ2) is 7.25. The van der Waals surface area contributed by atoms with Gasteiger partial charge in [0.2, 0.25) is 0 Å². The van der Waals surface area contributed by atoms with Crippen molar-refractivity contribution in [2.45, 2.75) is 58.0 Å². The summed E-state index contributed by atoms with van der Waals surface area (Å²) in [5.74, 6) is 2.59. The molecule has 0 aromatic heterocycles. The molecular weight excluding hydrogens is 242 g/mol. The molecule has 1 heterocycles. The first-order valence-electron chi connectivity index (χ1n) is 6.95. The minimum absolute atomic E-state index is 0.217. The predicted octanol–water partition coefficient (Wildman–Crippen LogP) is 1.27. The topological polar surface area (TPSA) is 41.9 Å². The highest BCUT2D eigenvalue weighted by atomic mass is 16.5. The standard InChI is InChI=1S/C15H27NO3/c1-6-7-15(4,5)18-11-14(17)10-16-8-12(2)19-13(3)9-16/h1,12-14,17H,7-11H2,2-5H3/t12-,13-,14+/m0/s1. The van der Waals surface area contributed by atoms with Crippen LogP contribution in [-0.2, 0) is 9.47 Å². The molecule has 110 valence electrons. The third kappa shape index (κ3) is 6.40. The van der Waals surface area contributed by atoms with E-state index >= 15 is 0 Å². The molecular formula is C15H27NO3. The monoisotopic (exact) mass is 269 g/mol. The molecule has 0 radical (unpaired) electrons. The Morgan fingerprint density at radius 1 is 1.42 bits per heavy atom. The minimum atomic E-state index is -0.491. The number of β-amino-alcohol motifs (C(OH)–C–C–N with tert-alkyl or cyclic N) is 1. The molecule has 0 spiro atoms. The largest absolute Gasteiger partial charge is 0.389 e. The van der Waals surface area contributed by atoms with Crippen molar-refractivity contribution in [1.82, 2.24) is 4.90 Å². The Labute approximate surface area is 117 Å². The summed E-state index contributed by atoms with van der Waals surface area (Å²) in [5, 5.41) is 10.0. The average Bonchev–Trinajstić information content (AvgIpc) is 2.25. The lowest BCUT2D eigenvalue weighted by Gasteiger charge is -2.36. The van der Waals surface area contributed by atoms with Gasteiger partial charge in [0.1, 0.15) is 0 Å². The molecule has 0 unspecified atom stereocenters. The molecule has 1 aliphatic heterocycles. The zero-order chi connectivity index (χ0) is 14.5. The number of morpholine rings is 1. The molecule has 0 amide bonds. The van der Waals surface area contributed by atoms with E-state index in [0.717, 1.165) is 13.1 Å². The number of nitrogens with zero attached hydrogens (tertiary/aromatic N) is 1. The SMILES string of the molecule is C#CCC(C)(C)OC[C@H](O)CN1C[C@H](C)O[C@@H](C)C1. The lowest BCUT2D eigenvalue weighted by Crippen LogP contribution is -2.49. The van der Waals surface area contributed by atoms with Crippen LogP contribution in [-0.4, -0.2) is 60.2 Å². The predicted molar refractivity (Wildman–Crippen MR) is 75.9 cm³/mol. The second-order valence-electron chi connectivity index (χ2n) is 6.08. The Morgan fingerprint density at radius 2 is 2.00 bits per heavy atom. The average molecular weight is 269 g/mol. The maximum atomic E-state index is 10.0. The van der Waals surface area contributed by atoms with Crippen LogP contribution < -0.4 is 0 Å². The summed E-state index contributed by atoms with van der Waals surface area (Å²) >= 11 is 0. The van der Waals surface area contributed by atoms with Gasteiger partial charge in [-0.3, -0.25) is 4.90 Å². The highest BCUT2D eigenvalue weighted by molar-refractivity contribution is 4.92. The number of rotatable bonds is 6. The quantitative estimate of drug-likeness (QED) is 0.738. The molecule has 1 aliphatic rings. The number of ether oxygens (including phenoxy) is 2. The van der Waals surface area contributed by atoms with Gasteiger partial charge in [-0.2, -0.15) is 0 Å². The number of aliphatic hydroxyl groups excluding tert-OH is 1. The van der Waals surface area contributed by atoms with E-state index in [0.29, 0.717) is 19.6 Å². The zero-order valence-electron chi connectivity index (χ0n) is 12.6. The lowest BCUT2D eigenvalue weighted by atomic mass is 10.1. The van der Waals surface area contributed by atoms with Gasteiger partial charge in [0.05, 0.1) is 30.5 Å². The highest BCUT2D eigenvalue weighted by Crippen LogP contribution is 2.15. The van der Waals surface area contributed by atoms with Crippen LogP contribution in [0.3, 0.4) is 0 Å². The molecule has 0 aromatic carbocycles. The van der Waals surface area contributed by atoms with Gasteiger partial charge in [-0.25, -0.2) is 0 Å². The van der Waals surface area contributed by atoms with E-state index in [1.54, 1.807) is 0 Å². The molecule has 4 nitrogen and oxygen atoms in total. The van der Waals surface area contributed by atoms with Gasteiger partial charge >= 0.3 is 0 Å². The Hall–Kier alpha value is -0.600. The van der Waals surface area contributed by atoms with Crippen molar-refractivity contribution in [3.63, 3.8) is 0 Å². The Morgan fingerprint density at radius 3 is 2.53 bits per heavy atom. The first-order valence-corrected chi connectivity index (χ1v) is 6.95. The molecule has 0 aromatic rings. The van der Waals surface area contributed by atoms with E-state index in [1.165, 1.54) is 0 Å². The van der Waals surface area contributed by atoms with E-state index in [9.17, 15) is 5.11 Å². The molecule has 19 heavy (non-hydrogen) atoms. The van der Waals surface area contributed by atoms with Crippen LogP contribution in [0.1, 0.15) is 34.1 Å². The van der Waals surface area contributed by atoms with E-state index in [4.69, 9.17) is 15.9 Å². The van der Waals surface area contributed by atoms with Crippen molar-refractivity contribution in [2.24, 2.45) is 0 Å². The summed E-state index contributed by atoms with van der Waals surface area (Å²) in [6.07, 6.45) is 5.78. The van der Waals surface area contributed by atoms with E-state index in [1.807, 2.05) is 13.8 Å². The van der Waals surface area contributed by atoms with Crippen molar-refractivity contribution in [3.8, 4) is 12.3 Å². The molecule has 0 aliphatic carbocycles. The molecule has 0 saturated carbocycles. The first-order chi connectivity index (χ1) is 8.82. The van der Waals surface area contributed by atoms with Crippen molar-refractivity contribution >= 4 is 0 Å². The summed E-state index contributed by atoms with van der Waals surface area (Å²) in [6.45, 7) is 10.6. The van der Waals surface area contributed by atoms with Crippen molar-refractivity contribution in [3.05, 3.63) is 0 Å². The lowest BCUT2D eigenvalue weighted by molar-refractivity contribution is -0.0949. The molecule has 3 atom stereocenters. The summed E-state index contributed by atoms with van der Waals surface area (Å²) < 4.78 is 11.3. The fraction of sp³-hybridized carbons (Fsp3) is 0.867. The van der Waals surface area contributed by atoms with Crippen LogP contribution in [0.2, 0.25) is 0 Å². The number of hydrogen-bond acceptors (Lipinski definition) is 4. The molecule has 0 bridgehead atoms. The summed E-state index contributed by atoms with van der Waals surface area (Å²) in [5.41, 5.74) is -0.374. The van der Waals surface area contributed by atoms with Crippen LogP contribution in [0.4, 0.5) is 0 Å². The third-order valence-corrected chi connectivity index (χ3v) is 3.16. The van der Waals surface area contributed by atoms with Crippen molar-refractivity contribution in [1.29, 1.82) is 0 Å². The Bertz CT molecular complexity index is 301. The van der Waals surface area contributed by atoms with Gasteiger partial charge < -0.3 is 14.6 Å². The van der Waals surface area contributed by atoms with Gasteiger partial charge in [0.25, 0.3) is 0 Å². The Kier molecular flexibility index (Phi) is 6.28. The molecule has 1 rings (SSSR count). The third-order valence-electron chi connectivity index (χ3n) is 3.16. The fourth-order valence-corrected chi connectivity index (χ4v) is 2.40. The van der Waals surface area contributed by atoms with Crippen molar-refractivity contribution in [2.75, 3.05) is 26.2 Å². The maximum Gasteiger partial charge on any atom is 0.0900 e. The summed E-state index contributed by atoms with van der Waals surface area (Å²) in [7, 11) is 0. The Balaban J connectivity index is 2.31. The molecule has 4 heteroatoms.